The minimum atomic E-state index is -0.398. The van der Waals surface area contributed by atoms with Crippen LogP contribution in [0.2, 0.25) is 0 Å². The van der Waals surface area contributed by atoms with Gasteiger partial charge in [-0.3, -0.25) is 9.48 Å². The van der Waals surface area contributed by atoms with E-state index in [4.69, 9.17) is 4.74 Å². The van der Waals surface area contributed by atoms with Gasteiger partial charge in [0.05, 0.1) is 40.8 Å². The van der Waals surface area contributed by atoms with Crippen molar-refractivity contribution < 1.29 is 14.3 Å². The summed E-state index contributed by atoms with van der Waals surface area (Å²) < 4.78 is 8.40. The molecule has 0 saturated carbocycles. The van der Waals surface area contributed by atoms with Gasteiger partial charge in [0.25, 0.3) is 5.91 Å². The molecular formula is C23H24N6O3. The number of hydrogen-bond acceptors (Lipinski definition) is 6. The summed E-state index contributed by atoms with van der Waals surface area (Å²) in [6.45, 7) is 7.59. The Morgan fingerprint density at radius 1 is 1.09 bits per heavy atom. The van der Waals surface area contributed by atoms with Crippen LogP contribution in [0.25, 0.3) is 16.7 Å². The van der Waals surface area contributed by atoms with Crippen molar-refractivity contribution in [3.05, 3.63) is 64.7 Å². The molecule has 0 spiro atoms. The van der Waals surface area contributed by atoms with E-state index in [2.05, 4.69) is 20.5 Å². The summed E-state index contributed by atoms with van der Waals surface area (Å²) in [5, 5.41) is 12.4. The highest BCUT2D eigenvalue weighted by molar-refractivity contribution is 6.12. The summed E-state index contributed by atoms with van der Waals surface area (Å²) in [5.74, 6) is -0.631. The van der Waals surface area contributed by atoms with E-state index < -0.39 is 5.97 Å². The number of esters is 1. The zero-order valence-electron chi connectivity index (χ0n) is 18.6. The number of hydrogen-bond donors (Lipinski definition) is 1. The third kappa shape index (κ3) is 3.73. The molecule has 0 aliphatic carbocycles. The van der Waals surface area contributed by atoms with Crippen LogP contribution in [-0.2, 0) is 11.8 Å². The van der Waals surface area contributed by atoms with Crippen molar-refractivity contribution in [3.8, 4) is 5.69 Å². The van der Waals surface area contributed by atoms with Gasteiger partial charge in [-0.2, -0.15) is 10.2 Å². The third-order valence-electron chi connectivity index (χ3n) is 5.22. The number of anilines is 1. The van der Waals surface area contributed by atoms with Crippen molar-refractivity contribution in [2.75, 3.05) is 11.9 Å². The Balaban J connectivity index is 1.59. The Bertz CT molecular complexity index is 1330. The molecule has 0 bridgehead atoms. The highest BCUT2D eigenvalue weighted by atomic mass is 16.5. The van der Waals surface area contributed by atoms with Crippen molar-refractivity contribution in [3.63, 3.8) is 0 Å². The zero-order valence-corrected chi connectivity index (χ0v) is 18.6. The highest BCUT2D eigenvalue weighted by Gasteiger charge is 2.19. The summed E-state index contributed by atoms with van der Waals surface area (Å²) in [7, 11) is 1.81. The molecule has 164 valence electrons. The number of amides is 1. The van der Waals surface area contributed by atoms with E-state index >= 15 is 0 Å². The average molecular weight is 432 g/mol. The number of aryl methyl sites for hydroxylation is 3. The molecule has 3 heterocycles. The lowest BCUT2D eigenvalue weighted by Gasteiger charge is -2.10. The van der Waals surface area contributed by atoms with E-state index in [0.29, 0.717) is 34.8 Å². The van der Waals surface area contributed by atoms with Crippen LogP contribution in [0.5, 0.6) is 0 Å². The minimum Gasteiger partial charge on any atom is -0.462 e. The first-order chi connectivity index (χ1) is 15.3. The molecule has 0 atom stereocenters. The van der Waals surface area contributed by atoms with Gasteiger partial charge in [-0.05, 0) is 58.0 Å². The molecule has 3 aromatic heterocycles. The maximum Gasteiger partial charge on any atom is 0.341 e. The predicted molar refractivity (Wildman–Crippen MR) is 120 cm³/mol. The Hall–Kier alpha value is -4.01. The van der Waals surface area contributed by atoms with Crippen LogP contribution in [0.3, 0.4) is 0 Å². The SMILES string of the molecule is CCOC(=O)c1cnn(-c2ccc(NC(=O)c3cc(C)nc4c3c(C)nn4C)cc2)c1C. The fourth-order valence-corrected chi connectivity index (χ4v) is 3.71. The molecule has 1 aromatic carbocycles. The van der Waals surface area contributed by atoms with Crippen molar-refractivity contribution >= 4 is 28.6 Å². The third-order valence-corrected chi connectivity index (χ3v) is 5.22. The standard InChI is InChI=1S/C23H24N6O3/c1-6-32-23(31)19-12-24-29(15(19)4)17-9-7-16(8-10-17)26-22(30)18-11-13(2)25-21-20(18)14(3)27-28(21)5/h7-12H,6H2,1-5H3,(H,26,30). The van der Waals surface area contributed by atoms with E-state index in [1.807, 2.05) is 40.0 Å². The number of aromatic nitrogens is 5. The molecule has 1 amide bonds. The fourth-order valence-electron chi connectivity index (χ4n) is 3.71. The quantitative estimate of drug-likeness (QED) is 0.484. The van der Waals surface area contributed by atoms with E-state index in [1.165, 1.54) is 6.20 Å². The summed E-state index contributed by atoms with van der Waals surface area (Å²) >= 11 is 0. The molecule has 9 nitrogen and oxygen atoms in total. The first kappa shape index (κ1) is 21.2. The number of fused-ring (bicyclic) bond motifs is 1. The second-order valence-corrected chi connectivity index (χ2v) is 7.50. The molecular weight excluding hydrogens is 408 g/mol. The lowest BCUT2D eigenvalue weighted by atomic mass is 10.1. The van der Waals surface area contributed by atoms with Gasteiger partial charge in [0.1, 0.15) is 5.56 Å². The van der Waals surface area contributed by atoms with Gasteiger partial charge < -0.3 is 10.1 Å². The molecule has 9 heteroatoms. The number of nitrogens with zero attached hydrogens (tertiary/aromatic N) is 5. The van der Waals surface area contributed by atoms with Gasteiger partial charge in [0.2, 0.25) is 0 Å². The number of ether oxygens (including phenoxy) is 1. The van der Waals surface area contributed by atoms with Gasteiger partial charge in [0, 0.05) is 18.4 Å². The maximum absolute atomic E-state index is 13.0. The van der Waals surface area contributed by atoms with Crippen molar-refractivity contribution in [1.29, 1.82) is 0 Å². The number of carbonyl (C=O) groups excluding carboxylic acids is 2. The van der Waals surface area contributed by atoms with Gasteiger partial charge >= 0.3 is 5.97 Å². The fraction of sp³-hybridized carbons (Fsp3) is 0.261. The Morgan fingerprint density at radius 2 is 1.81 bits per heavy atom. The largest absolute Gasteiger partial charge is 0.462 e. The van der Waals surface area contributed by atoms with E-state index in [9.17, 15) is 9.59 Å². The molecule has 0 saturated heterocycles. The normalized spacial score (nSPS) is 11.0. The van der Waals surface area contributed by atoms with Crippen LogP contribution in [-0.4, -0.2) is 43.0 Å². The summed E-state index contributed by atoms with van der Waals surface area (Å²) in [6, 6.07) is 9.00. The molecule has 0 aliphatic rings. The molecule has 0 aliphatic heterocycles. The maximum atomic E-state index is 13.0. The van der Waals surface area contributed by atoms with Gasteiger partial charge in [-0.25, -0.2) is 14.5 Å². The topological polar surface area (TPSA) is 104 Å². The van der Waals surface area contributed by atoms with Crippen LogP contribution in [0.1, 0.15) is 44.7 Å². The van der Waals surface area contributed by atoms with Gasteiger partial charge in [-0.15, -0.1) is 0 Å². The smallest absolute Gasteiger partial charge is 0.341 e. The number of benzene rings is 1. The average Bonchev–Trinajstić information content (AvgIpc) is 3.27. The summed E-state index contributed by atoms with van der Waals surface area (Å²) in [6.07, 6.45) is 1.50. The monoisotopic (exact) mass is 432 g/mol. The summed E-state index contributed by atoms with van der Waals surface area (Å²) in [5.41, 5.74) is 5.21. The van der Waals surface area contributed by atoms with E-state index in [0.717, 1.165) is 22.5 Å². The molecule has 0 fully saturated rings. The first-order valence-corrected chi connectivity index (χ1v) is 10.2. The number of pyridine rings is 1. The lowest BCUT2D eigenvalue weighted by Crippen LogP contribution is -2.13. The zero-order chi connectivity index (χ0) is 23.0. The first-order valence-electron chi connectivity index (χ1n) is 10.2. The van der Waals surface area contributed by atoms with Crippen LogP contribution >= 0.6 is 0 Å². The van der Waals surface area contributed by atoms with E-state index in [1.54, 1.807) is 34.5 Å². The Labute approximate surface area is 185 Å². The lowest BCUT2D eigenvalue weighted by molar-refractivity contribution is 0.0525. The molecule has 4 aromatic rings. The van der Waals surface area contributed by atoms with Crippen LogP contribution in [0.15, 0.2) is 36.5 Å². The molecule has 0 unspecified atom stereocenters. The van der Waals surface area contributed by atoms with Gasteiger partial charge in [-0.1, -0.05) is 0 Å². The van der Waals surface area contributed by atoms with Gasteiger partial charge in [0.15, 0.2) is 5.65 Å². The predicted octanol–water partition coefficient (Wildman–Crippen LogP) is 3.51. The van der Waals surface area contributed by atoms with Crippen LogP contribution < -0.4 is 5.32 Å². The molecule has 32 heavy (non-hydrogen) atoms. The Kier molecular flexibility index (Phi) is 5.48. The highest BCUT2D eigenvalue weighted by Crippen LogP contribution is 2.23. The molecule has 1 N–H and O–H groups in total. The second-order valence-electron chi connectivity index (χ2n) is 7.50. The molecule has 0 radical (unpaired) electrons. The number of carbonyl (C=O) groups is 2. The van der Waals surface area contributed by atoms with Crippen LogP contribution in [0.4, 0.5) is 5.69 Å². The van der Waals surface area contributed by atoms with Crippen molar-refractivity contribution in [2.24, 2.45) is 7.05 Å². The number of rotatable bonds is 5. The second kappa shape index (κ2) is 8.26. The van der Waals surface area contributed by atoms with Crippen LogP contribution in [0, 0.1) is 20.8 Å². The van der Waals surface area contributed by atoms with E-state index in [-0.39, 0.29) is 5.91 Å². The molecule has 4 rings (SSSR count). The van der Waals surface area contributed by atoms with Crippen molar-refractivity contribution in [1.82, 2.24) is 24.5 Å². The summed E-state index contributed by atoms with van der Waals surface area (Å²) in [4.78, 5) is 29.6. The number of nitrogens with one attached hydrogen (secondary N) is 1. The van der Waals surface area contributed by atoms with Crippen molar-refractivity contribution in [2.45, 2.75) is 27.7 Å². The minimum absolute atomic E-state index is 0.232. The Morgan fingerprint density at radius 3 is 2.50 bits per heavy atom.